The minimum Gasteiger partial charge on any atom is -0.481 e. The molecule has 0 aliphatic heterocycles. The minimum absolute atomic E-state index is 0.0295. The Balaban J connectivity index is 1.54. The molecule has 0 unspecified atom stereocenters. The van der Waals surface area contributed by atoms with Crippen LogP contribution in [-0.2, 0) is 9.53 Å². The predicted molar refractivity (Wildman–Crippen MR) is 123 cm³/mol. The Hall–Kier alpha value is -1.34. The Bertz CT molecular complexity index is 759. The number of carbonyl (C=O) groups excluding carboxylic acids is 1. The maximum absolute atomic E-state index is 11.7. The Morgan fingerprint density at radius 2 is 1.82 bits per heavy atom. The number of hydrogen-bond acceptors (Lipinski definition) is 5. The monoisotopic (exact) mass is 465 g/mol. The SMILES string of the molecule is CNC(=O)O[C@@H]1CC[C@@]2(C)[C@@H](C1)C[C@@H](O)[C@@H]1[C@@H]2C[C@H](O)[C@]2(C)[C@@H]([C@H](C)CCC(=O)O)CC[C@@H]12. The summed E-state index contributed by atoms with van der Waals surface area (Å²) in [6.07, 6.45) is 5.42. The summed E-state index contributed by atoms with van der Waals surface area (Å²) in [4.78, 5) is 22.9. The molecule has 4 aliphatic carbocycles. The topological polar surface area (TPSA) is 116 Å². The highest BCUT2D eigenvalue weighted by Gasteiger charge is 2.65. The summed E-state index contributed by atoms with van der Waals surface area (Å²) in [6, 6.07) is 0. The zero-order chi connectivity index (χ0) is 24.1. The highest BCUT2D eigenvalue weighted by atomic mass is 16.6. The van der Waals surface area contributed by atoms with Crippen LogP contribution in [0.25, 0.3) is 0 Å². The number of alkyl carbamates (subject to hydrolysis) is 1. The van der Waals surface area contributed by atoms with Gasteiger partial charge in [0.05, 0.1) is 12.2 Å². The van der Waals surface area contributed by atoms with Gasteiger partial charge >= 0.3 is 12.1 Å². The van der Waals surface area contributed by atoms with Crippen molar-refractivity contribution in [3.8, 4) is 0 Å². The Morgan fingerprint density at radius 3 is 2.48 bits per heavy atom. The Morgan fingerprint density at radius 1 is 1.09 bits per heavy atom. The number of carboxylic acids is 1. The number of amides is 1. The van der Waals surface area contributed by atoms with Gasteiger partial charge in [0, 0.05) is 13.5 Å². The van der Waals surface area contributed by atoms with E-state index in [0.29, 0.717) is 12.8 Å². The van der Waals surface area contributed by atoms with E-state index in [2.05, 4.69) is 26.1 Å². The first-order valence-corrected chi connectivity index (χ1v) is 13.0. The van der Waals surface area contributed by atoms with Crippen molar-refractivity contribution in [3.05, 3.63) is 0 Å². The molecule has 7 heteroatoms. The van der Waals surface area contributed by atoms with E-state index in [0.717, 1.165) is 38.5 Å². The molecule has 0 heterocycles. The molecule has 4 fully saturated rings. The third-order valence-corrected chi connectivity index (χ3v) is 10.8. The number of hydrogen-bond donors (Lipinski definition) is 4. The van der Waals surface area contributed by atoms with E-state index >= 15 is 0 Å². The van der Waals surface area contributed by atoms with Crippen LogP contribution in [0.4, 0.5) is 4.79 Å². The second kappa shape index (κ2) is 9.03. The number of aliphatic hydroxyl groups excluding tert-OH is 2. The van der Waals surface area contributed by atoms with Crippen LogP contribution in [0.3, 0.4) is 0 Å². The lowest BCUT2D eigenvalue weighted by Gasteiger charge is -2.63. The molecule has 0 saturated heterocycles. The molecule has 4 rings (SSSR count). The quantitative estimate of drug-likeness (QED) is 0.491. The molecule has 0 aromatic carbocycles. The van der Waals surface area contributed by atoms with Crippen LogP contribution < -0.4 is 5.32 Å². The van der Waals surface area contributed by atoms with Gasteiger partial charge in [0.2, 0.25) is 0 Å². The zero-order valence-corrected chi connectivity index (χ0v) is 20.6. The van der Waals surface area contributed by atoms with Crippen molar-refractivity contribution in [3.63, 3.8) is 0 Å². The van der Waals surface area contributed by atoms with Gasteiger partial charge in [-0.05, 0) is 97.7 Å². The van der Waals surface area contributed by atoms with Crippen molar-refractivity contribution < 1.29 is 29.6 Å². The van der Waals surface area contributed by atoms with E-state index < -0.39 is 24.3 Å². The average Bonchev–Trinajstić information content (AvgIpc) is 3.12. The van der Waals surface area contributed by atoms with Crippen molar-refractivity contribution in [2.45, 2.75) is 96.9 Å². The van der Waals surface area contributed by atoms with Crippen molar-refractivity contribution >= 4 is 12.1 Å². The van der Waals surface area contributed by atoms with Crippen molar-refractivity contribution in [2.75, 3.05) is 7.05 Å². The van der Waals surface area contributed by atoms with Crippen molar-refractivity contribution in [1.82, 2.24) is 5.32 Å². The van der Waals surface area contributed by atoms with E-state index in [1.165, 1.54) is 0 Å². The lowest BCUT2D eigenvalue weighted by molar-refractivity contribution is -0.207. The molecule has 0 aromatic heterocycles. The molecule has 1 amide bonds. The minimum atomic E-state index is -0.761. The van der Waals surface area contributed by atoms with Crippen LogP contribution in [0.15, 0.2) is 0 Å². The Kier molecular flexibility index (Phi) is 6.78. The maximum Gasteiger partial charge on any atom is 0.407 e. The summed E-state index contributed by atoms with van der Waals surface area (Å²) in [6.45, 7) is 6.69. The number of aliphatic carboxylic acids is 1. The highest BCUT2D eigenvalue weighted by Crippen LogP contribution is 2.68. The lowest BCUT2D eigenvalue weighted by Crippen LogP contribution is -2.62. The van der Waals surface area contributed by atoms with Gasteiger partial charge in [-0.15, -0.1) is 0 Å². The lowest BCUT2D eigenvalue weighted by atomic mass is 9.43. The first-order valence-electron chi connectivity index (χ1n) is 13.0. The van der Waals surface area contributed by atoms with Gasteiger partial charge in [-0.3, -0.25) is 4.79 Å². The molecule has 0 bridgehead atoms. The second-order valence-corrected chi connectivity index (χ2v) is 12.1. The summed E-state index contributed by atoms with van der Waals surface area (Å²) >= 11 is 0. The molecule has 188 valence electrons. The molecule has 4 aliphatic rings. The second-order valence-electron chi connectivity index (χ2n) is 12.1. The number of carbonyl (C=O) groups is 2. The summed E-state index contributed by atoms with van der Waals surface area (Å²) in [5.41, 5.74) is -0.245. The fraction of sp³-hybridized carbons (Fsp3) is 0.923. The van der Waals surface area contributed by atoms with Crippen LogP contribution in [0.5, 0.6) is 0 Å². The molecule has 0 aromatic rings. The molecule has 7 nitrogen and oxygen atoms in total. The number of rotatable bonds is 5. The normalized spacial score (nSPS) is 47.6. The van der Waals surface area contributed by atoms with Crippen LogP contribution >= 0.6 is 0 Å². The fourth-order valence-electron chi connectivity index (χ4n) is 8.98. The highest BCUT2D eigenvalue weighted by molar-refractivity contribution is 5.67. The van der Waals surface area contributed by atoms with Gasteiger partial charge in [-0.1, -0.05) is 20.8 Å². The number of nitrogens with one attached hydrogen (secondary N) is 1. The molecule has 0 spiro atoms. The summed E-state index contributed by atoms with van der Waals surface area (Å²) in [7, 11) is 1.57. The van der Waals surface area contributed by atoms with Gasteiger partial charge in [0.15, 0.2) is 0 Å². The van der Waals surface area contributed by atoms with Gasteiger partial charge < -0.3 is 25.4 Å². The van der Waals surface area contributed by atoms with Gasteiger partial charge in [-0.25, -0.2) is 4.79 Å². The maximum atomic E-state index is 11.7. The van der Waals surface area contributed by atoms with Gasteiger partial charge in [0.1, 0.15) is 6.10 Å². The molecule has 4 saturated carbocycles. The number of ether oxygens (including phenoxy) is 1. The first-order chi connectivity index (χ1) is 15.5. The molecule has 33 heavy (non-hydrogen) atoms. The molecular formula is C26H43NO6. The standard InChI is InChI=1S/C26H43NO6/c1-14(5-8-22(30)31)17-6-7-18-23-19(13-21(29)26(17,18)3)25(2)10-9-16(33-24(32)27-4)11-15(25)12-20(23)28/h14-21,23,28-29H,5-13H2,1-4H3,(H,27,32)(H,30,31)/t14-,15+,16-,17-,18+,19+,20-,21+,23+,25+,26-/m1/s1. The molecule has 4 N–H and O–H groups in total. The molecule has 0 radical (unpaired) electrons. The van der Waals surface area contributed by atoms with Crippen molar-refractivity contribution in [2.24, 2.45) is 46.3 Å². The van der Waals surface area contributed by atoms with Crippen LogP contribution in [0.2, 0.25) is 0 Å². The number of fused-ring (bicyclic) bond motifs is 5. The Labute approximate surface area is 197 Å². The first kappa shape index (κ1) is 24.8. The van der Waals surface area contributed by atoms with Crippen LogP contribution in [0, 0.1) is 46.3 Å². The van der Waals surface area contributed by atoms with E-state index in [-0.39, 0.29) is 58.9 Å². The number of carboxylic acid groups (broad SMARTS) is 1. The van der Waals surface area contributed by atoms with Gasteiger partial charge in [-0.2, -0.15) is 0 Å². The van der Waals surface area contributed by atoms with Gasteiger partial charge in [0.25, 0.3) is 0 Å². The summed E-state index contributed by atoms with van der Waals surface area (Å²) < 4.78 is 5.57. The predicted octanol–water partition coefficient (Wildman–Crippen LogP) is 3.81. The smallest absolute Gasteiger partial charge is 0.407 e. The van der Waals surface area contributed by atoms with Crippen LogP contribution in [0.1, 0.15) is 78.6 Å². The zero-order valence-electron chi connectivity index (χ0n) is 20.6. The van der Waals surface area contributed by atoms with E-state index in [4.69, 9.17) is 9.84 Å². The van der Waals surface area contributed by atoms with Crippen LogP contribution in [-0.4, -0.2) is 52.7 Å². The van der Waals surface area contributed by atoms with E-state index in [1.807, 2.05) is 0 Å². The van der Waals surface area contributed by atoms with E-state index in [9.17, 15) is 19.8 Å². The third kappa shape index (κ3) is 4.07. The summed E-state index contributed by atoms with van der Waals surface area (Å²) in [5.74, 6) is 0.733. The fourth-order valence-corrected chi connectivity index (χ4v) is 8.98. The van der Waals surface area contributed by atoms with E-state index in [1.54, 1.807) is 7.05 Å². The molecule has 11 atom stereocenters. The molecular weight excluding hydrogens is 422 g/mol. The van der Waals surface area contributed by atoms with Crippen molar-refractivity contribution in [1.29, 1.82) is 0 Å². The number of aliphatic hydroxyl groups is 2. The third-order valence-electron chi connectivity index (χ3n) is 10.8. The average molecular weight is 466 g/mol. The summed E-state index contributed by atoms with van der Waals surface area (Å²) in [5, 5.41) is 34.7. The largest absolute Gasteiger partial charge is 0.481 e.